The summed E-state index contributed by atoms with van der Waals surface area (Å²) >= 11 is 0. The predicted molar refractivity (Wildman–Crippen MR) is 214 cm³/mol. The molecular formula is C44H41N7O7. The Balaban J connectivity index is 1.51. The number of methoxy groups -OCH3 is 2. The second-order valence-electron chi connectivity index (χ2n) is 14.2. The fourth-order valence-corrected chi connectivity index (χ4v) is 6.39. The van der Waals surface area contributed by atoms with Crippen molar-refractivity contribution in [1.29, 1.82) is 0 Å². The van der Waals surface area contributed by atoms with Gasteiger partial charge < -0.3 is 24.9 Å². The van der Waals surface area contributed by atoms with Crippen LogP contribution in [0.5, 0.6) is 5.88 Å². The van der Waals surface area contributed by atoms with E-state index in [9.17, 15) is 24.3 Å². The number of rotatable bonds is 11. The number of benzene rings is 3. The number of nitrogens with one attached hydrogen (secondary N) is 3. The maximum absolute atomic E-state index is 14.5. The summed E-state index contributed by atoms with van der Waals surface area (Å²) in [6.45, 7) is 5.21. The summed E-state index contributed by atoms with van der Waals surface area (Å²) in [7, 11) is 2.43. The molecule has 0 aliphatic heterocycles. The Morgan fingerprint density at radius 3 is 1.93 bits per heavy atom. The zero-order valence-electron chi connectivity index (χ0n) is 32.5. The number of esters is 2. The van der Waals surface area contributed by atoms with Gasteiger partial charge in [0.2, 0.25) is 17.7 Å². The highest BCUT2D eigenvalue weighted by Gasteiger charge is 2.43. The maximum Gasteiger partial charge on any atom is 0.328 e. The van der Waals surface area contributed by atoms with Gasteiger partial charge in [-0.05, 0) is 35.1 Å². The Kier molecular flexibility index (Phi) is 11.9. The lowest BCUT2D eigenvalue weighted by atomic mass is 9.66. The van der Waals surface area contributed by atoms with Crippen LogP contribution in [0.3, 0.4) is 0 Å². The number of hydrogen-bond donors (Lipinski definition) is 4. The smallest absolute Gasteiger partial charge is 0.328 e. The zero-order valence-corrected chi connectivity index (χ0v) is 32.5. The van der Waals surface area contributed by atoms with Crippen LogP contribution in [-0.4, -0.2) is 74.0 Å². The molecule has 58 heavy (non-hydrogen) atoms. The van der Waals surface area contributed by atoms with Gasteiger partial charge in [0.15, 0.2) is 17.2 Å². The van der Waals surface area contributed by atoms with Crippen LogP contribution in [0, 0.1) is 17.3 Å². The first-order chi connectivity index (χ1) is 27.8. The largest absolute Gasteiger partial charge is 0.493 e. The third kappa shape index (κ3) is 8.53. The van der Waals surface area contributed by atoms with Gasteiger partial charge in [-0.15, -0.1) is 0 Å². The van der Waals surface area contributed by atoms with Crippen LogP contribution in [-0.2, 0) is 29.3 Å². The molecule has 1 atom stereocenters. The molecular weight excluding hydrogens is 739 g/mol. The number of fused-ring (bicyclic) bond motifs is 1. The number of aromatic nitrogens is 5. The van der Waals surface area contributed by atoms with E-state index >= 15 is 0 Å². The molecule has 0 radical (unpaired) electrons. The third-order valence-corrected chi connectivity index (χ3v) is 9.33. The normalized spacial score (nSPS) is 11.8. The Morgan fingerprint density at radius 2 is 1.40 bits per heavy atom. The second kappa shape index (κ2) is 17.2. The Hall–Kier alpha value is -7.40. The highest BCUT2D eigenvalue weighted by atomic mass is 16.5. The van der Waals surface area contributed by atoms with Crippen molar-refractivity contribution >= 4 is 40.7 Å². The van der Waals surface area contributed by atoms with Crippen molar-refractivity contribution in [1.82, 2.24) is 30.2 Å². The van der Waals surface area contributed by atoms with Crippen molar-refractivity contribution < 1.29 is 33.8 Å². The van der Waals surface area contributed by atoms with Crippen LogP contribution in [0.4, 0.5) is 5.95 Å². The number of anilines is 1. The van der Waals surface area contributed by atoms with E-state index in [2.05, 4.69) is 42.4 Å². The molecule has 14 heteroatoms. The van der Waals surface area contributed by atoms with Crippen LogP contribution >= 0.6 is 0 Å². The van der Waals surface area contributed by atoms with Crippen molar-refractivity contribution in [2.24, 2.45) is 5.41 Å². The van der Waals surface area contributed by atoms with E-state index in [1.54, 1.807) is 26.8 Å². The minimum absolute atomic E-state index is 0.0691. The fraction of sp³-hybridized carbons (Fsp3) is 0.227. The number of hydrogen-bond acceptors (Lipinski definition) is 11. The van der Waals surface area contributed by atoms with E-state index in [1.807, 2.05) is 91.0 Å². The molecule has 4 N–H and O–H groups in total. The minimum atomic E-state index is -1.21. The van der Waals surface area contributed by atoms with Gasteiger partial charge in [0, 0.05) is 23.6 Å². The summed E-state index contributed by atoms with van der Waals surface area (Å²) in [5.41, 5.74) is 1.27. The SMILES string of the molecule is COC(=O)CC[C@H](NC(=O)c1nc(C#Cc2cnc3nc(NC(=O)C(C)(C)C)nc(O)c3c2)[nH]c1C(c1ccccc1)(c1ccccc1)c1ccccc1)C(=O)OC. The highest BCUT2D eigenvalue weighted by molar-refractivity contribution is 5.97. The van der Waals surface area contributed by atoms with E-state index in [1.165, 1.54) is 20.4 Å². The number of amides is 2. The lowest BCUT2D eigenvalue weighted by Gasteiger charge is -2.35. The van der Waals surface area contributed by atoms with E-state index in [-0.39, 0.29) is 47.2 Å². The van der Waals surface area contributed by atoms with Crippen LogP contribution in [0.1, 0.15) is 77.9 Å². The summed E-state index contributed by atoms with van der Waals surface area (Å²) in [5.74, 6) is 3.23. The Bertz CT molecular complexity index is 2430. The number of carbonyl (C=O) groups is 4. The molecule has 0 bridgehead atoms. The van der Waals surface area contributed by atoms with Crippen LogP contribution in [0.2, 0.25) is 0 Å². The highest BCUT2D eigenvalue weighted by Crippen LogP contribution is 2.45. The van der Waals surface area contributed by atoms with Gasteiger partial charge in [-0.25, -0.2) is 14.8 Å². The zero-order chi connectivity index (χ0) is 41.5. The molecule has 0 unspecified atom stereocenters. The number of ether oxygens (including phenoxy) is 2. The number of nitrogens with zero attached hydrogens (tertiary/aromatic N) is 4. The number of H-pyrrole nitrogens is 1. The van der Waals surface area contributed by atoms with Crippen molar-refractivity contribution in [2.75, 3.05) is 19.5 Å². The Morgan fingerprint density at radius 1 is 0.810 bits per heavy atom. The number of imidazole rings is 1. The van der Waals surface area contributed by atoms with Crippen molar-refractivity contribution in [3.8, 4) is 17.7 Å². The number of carbonyl (C=O) groups excluding carboxylic acids is 4. The molecule has 3 aromatic heterocycles. The minimum Gasteiger partial charge on any atom is -0.493 e. The molecule has 6 rings (SSSR count). The maximum atomic E-state index is 14.5. The van der Waals surface area contributed by atoms with Gasteiger partial charge >= 0.3 is 11.9 Å². The van der Waals surface area contributed by atoms with Crippen molar-refractivity contribution in [3.05, 3.63) is 143 Å². The molecule has 14 nitrogen and oxygen atoms in total. The molecule has 0 saturated heterocycles. The molecule has 6 aromatic rings. The van der Waals surface area contributed by atoms with E-state index in [0.29, 0.717) is 11.3 Å². The van der Waals surface area contributed by atoms with Gasteiger partial charge in [-0.1, -0.05) is 118 Å². The molecule has 3 aromatic carbocycles. The standard InChI is InChI=1S/C44H41N7O7/c1-43(2,3)41(56)51-42-49-37-31(38(53)50-42)25-27(26-45-37)21-23-33-47-35(39(54)46-32(40(55)58-5)22-24-34(52)57-4)36(48-33)44(28-15-9-6-10-16-28,29-17-11-7-12-18-29)30-19-13-8-14-20-30/h6-20,25-26,32H,22,24H2,1-5H3,(H,46,54)(H,47,48)(H2,45,49,50,51,53,56)/t32-/m0/s1. The quantitative estimate of drug-likeness (QED) is 0.0742. The molecule has 0 spiro atoms. The summed E-state index contributed by atoms with van der Waals surface area (Å²) in [5, 5.41) is 16.3. The van der Waals surface area contributed by atoms with Crippen molar-refractivity contribution in [2.45, 2.75) is 45.1 Å². The lowest BCUT2D eigenvalue weighted by molar-refractivity contribution is -0.144. The fourth-order valence-electron chi connectivity index (χ4n) is 6.39. The number of pyridine rings is 1. The molecule has 0 aliphatic rings. The van der Waals surface area contributed by atoms with E-state index < -0.39 is 40.6 Å². The topological polar surface area (TPSA) is 198 Å². The number of aromatic hydroxyl groups is 1. The first kappa shape index (κ1) is 40.3. The van der Waals surface area contributed by atoms with Crippen LogP contribution < -0.4 is 10.6 Å². The molecule has 2 amide bonds. The van der Waals surface area contributed by atoms with Crippen LogP contribution in [0.25, 0.3) is 11.0 Å². The average Bonchev–Trinajstić information content (AvgIpc) is 3.67. The van der Waals surface area contributed by atoms with Gasteiger partial charge in [-0.2, -0.15) is 9.97 Å². The van der Waals surface area contributed by atoms with Crippen LogP contribution in [0.15, 0.2) is 103 Å². The first-order valence-electron chi connectivity index (χ1n) is 18.3. The second-order valence-corrected chi connectivity index (χ2v) is 14.2. The number of aromatic amines is 1. The molecule has 0 saturated carbocycles. The average molecular weight is 780 g/mol. The van der Waals surface area contributed by atoms with Gasteiger partial charge in [-0.3, -0.25) is 19.7 Å². The molecule has 294 valence electrons. The molecule has 0 fully saturated rings. The predicted octanol–water partition coefficient (Wildman–Crippen LogP) is 5.45. The first-order valence-corrected chi connectivity index (χ1v) is 18.3. The van der Waals surface area contributed by atoms with E-state index in [4.69, 9.17) is 14.5 Å². The summed E-state index contributed by atoms with van der Waals surface area (Å²) in [4.78, 5) is 72.8. The monoisotopic (exact) mass is 779 g/mol. The Labute approximate surface area is 334 Å². The summed E-state index contributed by atoms with van der Waals surface area (Å²) in [6.07, 6.45) is 1.20. The van der Waals surface area contributed by atoms with Gasteiger partial charge in [0.25, 0.3) is 5.91 Å². The molecule has 0 aliphatic carbocycles. The molecule has 3 heterocycles. The van der Waals surface area contributed by atoms with E-state index in [0.717, 1.165) is 16.7 Å². The third-order valence-electron chi connectivity index (χ3n) is 9.33. The lowest BCUT2D eigenvalue weighted by Crippen LogP contribution is -2.43. The van der Waals surface area contributed by atoms with Crippen molar-refractivity contribution in [3.63, 3.8) is 0 Å². The van der Waals surface area contributed by atoms with Gasteiger partial charge in [0.05, 0.1) is 30.7 Å². The van der Waals surface area contributed by atoms with Gasteiger partial charge in [0.1, 0.15) is 6.04 Å². The summed E-state index contributed by atoms with van der Waals surface area (Å²) in [6, 6.07) is 29.2. The summed E-state index contributed by atoms with van der Waals surface area (Å²) < 4.78 is 9.75.